The van der Waals surface area contributed by atoms with Gasteiger partial charge in [-0.1, -0.05) is 38.1 Å². The quantitative estimate of drug-likeness (QED) is 0.717. The Labute approximate surface area is 124 Å². The van der Waals surface area contributed by atoms with Crippen LogP contribution in [0.25, 0.3) is 0 Å². The summed E-state index contributed by atoms with van der Waals surface area (Å²) in [5.74, 6) is 5.00. The first-order valence-corrected chi connectivity index (χ1v) is 9.89. The Morgan fingerprint density at radius 1 is 1.17 bits per heavy atom. The van der Waals surface area contributed by atoms with E-state index in [1.54, 1.807) is 11.1 Å². The van der Waals surface area contributed by atoms with Crippen LogP contribution in [-0.4, -0.2) is 17.3 Å². The molecule has 0 nitrogen and oxygen atoms in total. The van der Waals surface area contributed by atoms with Gasteiger partial charge in [0.2, 0.25) is 0 Å². The van der Waals surface area contributed by atoms with Crippen molar-refractivity contribution in [3.8, 4) is 0 Å². The van der Waals surface area contributed by atoms with Crippen LogP contribution in [0.2, 0.25) is 0 Å². The Balaban J connectivity index is 2.29. The third-order valence-electron chi connectivity index (χ3n) is 3.31. The standard InChI is InChI=1S/C15H22S3/c1-3-15(17-10-7-11-18-15)14-9-6-5-8-13(14)12-16-4-2/h5-6,8-9H,3-4,7,10-12H2,1-2H3. The highest BCUT2D eigenvalue weighted by molar-refractivity contribution is 8.18. The van der Waals surface area contributed by atoms with Gasteiger partial charge in [-0.3, -0.25) is 0 Å². The minimum absolute atomic E-state index is 0.323. The molecule has 0 unspecified atom stereocenters. The second kappa shape index (κ2) is 7.16. The molecule has 1 fully saturated rings. The normalized spacial score (nSPS) is 18.8. The van der Waals surface area contributed by atoms with Crippen LogP contribution in [-0.2, 0) is 9.83 Å². The predicted molar refractivity (Wildman–Crippen MR) is 89.8 cm³/mol. The molecule has 1 aliphatic heterocycles. The summed E-state index contributed by atoms with van der Waals surface area (Å²) < 4.78 is 0.323. The van der Waals surface area contributed by atoms with Gasteiger partial charge in [0, 0.05) is 5.75 Å². The van der Waals surface area contributed by atoms with Gasteiger partial charge in [-0.25, -0.2) is 0 Å². The molecule has 1 aliphatic rings. The molecule has 0 atom stereocenters. The van der Waals surface area contributed by atoms with E-state index >= 15 is 0 Å². The third kappa shape index (κ3) is 3.23. The van der Waals surface area contributed by atoms with Crippen molar-refractivity contribution in [3.63, 3.8) is 0 Å². The molecule has 1 heterocycles. The molecule has 100 valence electrons. The molecule has 1 aromatic rings. The Bertz CT molecular complexity index is 370. The summed E-state index contributed by atoms with van der Waals surface area (Å²) in [7, 11) is 0. The number of thioether (sulfide) groups is 3. The molecule has 0 aliphatic carbocycles. The highest BCUT2D eigenvalue weighted by Crippen LogP contribution is 2.53. The van der Waals surface area contributed by atoms with Crippen molar-refractivity contribution in [3.05, 3.63) is 35.4 Å². The minimum Gasteiger partial charge on any atom is -0.157 e. The largest absolute Gasteiger partial charge is 0.157 e. The number of rotatable bonds is 5. The highest BCUT2D eigenvalue weighted by atomic mass is 32.2. The van der Waals surface area contributed by atoms with Crippen LogP contribution in [0.1, 0.15) is 37.8 Å². The van der Waals surface area contributed by atoms with Gasteiger partial charge >= 0.3 is 0 Å². The molecular formula is C15H22S3. The smallest absolute Gasteiger partial charge is 0.0860 e. The van der Waals surface area contributed by atoms with Crippen LogP contribution >= 0.6 is 35.3 Å². The Kier molecular flexibility index (Phi) is 5.84. The molecule has 18 heavy (non-hydrogen) atoms. The zero-order chi connectivity index (χ0) is 12.8. The van der Waals surface area contributed by atoms with Crippen molar-refractivity contribution < 1.29 is 0 Å². The summed E-state index contributed by atoms with van der Waals surface area (Å²) >= 11 is 6.36. The summed E-state index contributed by atoms with van der Waals surface area (Å²) in [6.45, 7) is 4.59. The first-order valence-electron chi connectivity index (χ1n) is 6.76. The third-order valence-corrected chi connectivity index (χ3v) is 7.88. The zero-order valence-electron chi connectivity index (χ0n) is 11.3. The Morgan fingerprint density at radius 2 is 1.89 bits per heavy atom. The first-order chi connectivity index (χ1) is 8.82. The Morgan fingerprint density at radius 3 is 2.56 bits per heavy atom. The van der Waals surface area contributed by atoms with E-state index in [-0.39, 0.29) is 0 Å². The van der Waals surface area contributed by atoms with Crippen molar-refractivity contribution in [2.45, 2.75) is 36.5 Å². The molecule has 1 aromatic carbocycles. The van der Waals surface area contributed by atoms with E-state index in [9.17, 15) is 0 Å². The maximum Gasteiger partial charge on any atom is 0.0860 e. The van der Waals surface area contributed by atoms with Crippen LogP contribution in [0.4, 0.5) is 0 Å². The second-order valence-corrected chi connectivity index (χ2v) is 8.77. The molecule has 0 amide bonds. The molecule has 0 saturated carbocycles. The summed E-state index contributed by atoms with van der Waals surface area (Å²) in [5, 5.41) is 0. The molecule has 0 N–H and O–H groups in total. The van der Waals surface area contributed by atoms with Gasteiger partial charge in [0.05, 0.1) is 4.08 Å². The molecule has 2 rings (SSSR count). The SMILES string of the molecule is CCSCc1ccccc1C1(CC)SCCCS1. The van der Waals surface area contributed by atoms with Gasteiger partial charge in [-0.2, -0.15) is 11.8 Å². The van der Waals surface area contributed by atoms with Gasteiger partial charge in [0.25, 0.3) is 0 Å². The summed E-state index contributed by atoms with van der Waals surface area (Å²) in [5.41, 5.74) is 3.14. The van der Waals surface area contributed by atoms with Crippen LogP contribution < -0.4 is 0 Å². The summed E-state index contributed by atoms with van der Waals surface area (Å²) in [6.07, 6.45) is 2.60. The molecule has 0 aromatic heterocycles. The monoisotopic (exact) mass is 298 g/mol. The van der Waals surface area contributed by atoms with E-state index in [1.807, 2.05) is 11.8 Å². The van der Waals surface area contributed by atoms with E-state index in [4.69, 9.17) is 0 Å². The molecule has 0 spiro atoms. The van der Waals surface area contributed by atoms with Crippen LogP contribution in [0.5, 0.6) is 0 Å². The maximum absolute atomic E-state index is 2.36. The zero-order valence-corrected chi connectivity index (χ0v) is 13.7. The molecule has 3 heteroatoms. The van der Waals surface area contributed by atoms with Gasteiger partial charge in [-0.15, -0.1) is 23.5 Å². The molecule has 0 bridgehead atoms. The molecule has 0 radical (unpaired) electrons. The Hall–Kier alpha value is 0.270. The predicted octanol–water partition coefficient (Wildman–Crippen LogP) is 5.37. The van der Waals surface area contributed by atoms with Gasteiger partial charge in [0.15, 0.2) is 0 Å². The number of benzene rings is 1. The van der Waals surface area contributed by atoms with Gasteiger partial charge in [-0.05, 0) is 41.2 Å². The van der Waals surface area contributed by atoms with E-state index in [1.165, 1.54) is 30.1 Å². The van der Waals surface area contributed by atoms with E-state index in [2.05, 4.69) is 61.6 Å². The average molecular weight is 299 g/mol. The first kappa shape index (κ1) is 14.7. The summed E-state index contributed by atoms with van der Waals surface area (Å²) in [6, 6.07) is 9.09. The number of hydrogen-bond acceptors (Lipinski definition) is 3. The average Bonchev–Trinajstić information content (AvgIpc) is 2.46. The van der Waals surface area contributed by atoms with Crippen molar-refractivity contribution in [1.29, 1.82) is 0 Å². The van der Waals surface area contributed by atoms with E-state index < -0.39 is 0 Å². The lowest BCUT2D eigenvalue weighted by molar-refractivity contribution is 0.809. The van der Waals surface area contributed by atoms with Crippen molar-refractivity contribution >= 4 is 35.3 Å². The van der Waals surface area contributed by atoms with Crippen molar-refractivity contribution in [1.82, 2.24) is 0 Å². The lowest BCUT2D eigenvalue weighted by atomic mass is 10.0. The van der Waals surface area contributed by atoms with Crippen LogP contribution in [0.15, 0.2) is 24.3 Å². The van der Waals surface area contributed by atoms with E-state index in [0.717, 1.165) is 5.75 Å². The molecular weight excluding hydrogens is 276 g/mol. The van der Waals surface area contributed by atoms with Crippen LogP contribution in [0, 0.1) is 0 Å². The fraction of sp³-hybridized carbons (Fsp3) is 0.600. The van der Waals surface area contributed by atoms with Crippen LogP contribution in [0.3, 0.4) is 0 Å². The lowest BCUT2D eigenvalue weighted by Crippen LogP contribution is -2.23. The minimum atomic E-state index is 0.323. The number of hydrogen-bond donors (Lipinski definition) is 0. The second-order valence-electron chi connectivity index (χ2n) is 4.45. The lowest BCUT2D eigenvalue weighted by Gasteiger charge is -2.37. The fourth-order valence-electron chi connectivity index (χ4n) is 2.35. The summed E-state index contributed by atoms with van der Waals surface area (Å²) in [4.78, 5) is 0. The highest BCUT2D eigenvalue weighted by Gasteiger charge is 2.35. The van der Waals surface area contributed by atoms with Crippen molar-refractivity contribution in [2.24, 2.45) is 0 Å². The van der Waals surface area contributed by atoms with E-state index in [0.29, 0.717) is 4.08 Å². The maximum atomic E-state index is 2.36. The molecule has 1 saturated heterocycles. The topological polar surface area (TPSA) is 0 Å². The van der Waals surface area contributed by atoms with Crippen molar-refractivity contribution in [2.75, 3.05) is 17.3 Å². The van der Waals surface area contributed by atoms with Gasteiger partial charge in [0.1, 0.15) is 0 Å². The van der Waals surface area contributed by atoms with Gasteiger partial charge < -0.3 is 0 Å². The fourth-order valence-corrected chi connectivity index (χ4v) is 6.40.